The van der Waals surface area contributed by atoms with Crippen molar-refractivity contribution < 1.29 is 0 Å². The van der Waals surface area contributed by atoms with Crippen molar-refractivity contribution >= 4 is 41.6 Å². The third-order valence-electron chi connectivity index (χ3n) is 3.02. The van der Waals surface area contributed by atoms with Crippen LogP contribution in [0.2, 0.25) is 5.15 Å². The molecule has 2 heterocycles. The van der Waals surface area contributed by atoms with Gasteiger partial charge in [-0.25, -0.2) is 9.97 Å². The van der Waals surface area contributed by atoms with Gasteiger partial charge in [0.25, 0.3) is 0 Å². The minimum atomic E-state index is 0. The Morgan fingerprint density at radius 3 is 3.00 bits per heavy atom. The van der Waals surface area contributed by atoms with E-state index in [4.69, 9.17) is 17.3 Å². The Morgan fingerprint density at radius 2 is 2.33 bits per heavy atom. The maximum atomic E-state index is 6.00. The number of nitrogens with zero attached hydrogens (tertiary/aromatic N) is 3. The smallest absolute Gasteiger partial charge is 0.190 e. The Hall–Kier alpha value is -0.230. The molecule has 102 valence electrons. The number of halogens is 2. The van der Waals surface area contributed by atoms with Crippen LogP contribution >= 0.6 is 35.8 Å². The molecule has 0 spiro atoms. The Balaban J connectivity index is 0.00000162. The number of nitrogens with two attached hydrogens (primary N) is 1. The van der Waals surface area contributed by atoms with Crippen LogP contribution < -0.4 is 10.6 Å². The second-order valence-corrected chi connectivity index (χ2v) is 5.39. The number of hydrogen-bond acceptors (Lipinski definition) is 5. The van der Waals surface area contributed by atoms with Gasteiger partial charge in [0.05, 0.1) is 0 Å². The predicted molar refractivity (Wildman–Crippen MR) is 80.1 cm³/mol. The fourth-order valence-electron chi connectivity index (χ4n) is 2.10. The maximum absolute atomic E-state index is 6.00. The molecule has 1 aliphatic heterocycles. The van der Waals surface area contributed by atoms with Crippen LogP contribution in [0.5, 0.6) is 0 Å². The first-order valence-electron chi connectivity index (χ1n) is 5.76. The summed E-state index contributed by atoms with van der Waals surface area (Å²) in [6.45, 7) is 2.74. The highest BCUT2D eigenvalue weighted by atomic mass is 35.5. The molecule has 1 unspecified atom stereocenters. The van der Waals surface area contributed by atoms with Crippen LogP contribution in [-0.4, -0.2) is 35.9 Å². The van der Waals surface area contributed by atoms with Crippen molar-refractivity contribution in [3.63, 3.8) is 0 Å². The van der Waals surface area contributed by atoms with Crippen LogP contribution in [0, 0.1) is 5.92 Å². The normalized spacial score (nSPS) is 19.5. The highest BCUT2D eigenvalue weighted by Gasteiger charge is 2.20. The summed E-state index contributed by atoms with van der Waals surface area (Å²) in [5.74, 6) is 1.49. The minimum absolute atomic E-state index is 0. The third-order valence-corrected chi connectivity index (χ3v) is 3.76. The molecule has 1 aromatic heterocycles. The molecule has 0 saturated carbocycles. The molecule has 1 saturated heterocycles. The van der Waals surface area contributed by atoms with Gasteiger partial charge in [-0.3, -0.25) is 0 Å². The first-order valence-corrected chi connectivity index (χ1v) is 7.36. The molecule has 1 aliphatic rings. The summed E-state index contributed by atoms with van der Waals surface area (Å²) in [4.78, 5) is 10.9. The summed E-state index contributed by atoms with van der Waals surface area (Å²) < 4.78 is 0. The van der Waals surface area contributed by atoms with E-state index in [1.54, 1.807) is 0 Å². The van der Waals surface area contributed by atoms with Crippen LogP contribution in [0.1, 0.15) is 12.8 Å². The summed E-state index contributed by atoms with van der Waals surface area (Å²) in [5, 5.41) is 1.23. The Kier molecular flexibility index (Phi) is 6.49. The lowest BCUT2D eigenvalue weighted by Crippen LogP contribution is -2.38. The van der Waals surface area contributed by atoms with Gasteiger partial charge < -0.3 is 10.6 Å². The van der Waals surface area contributed by atoms with Crippen LogP contribution in [-0.2, 0) is 0 Å². The molecule has 18 heavy (non-hydrogen) atoms. The molecule has 1 fully saturated rings. The van der Waals surface area contributed by atoms with Crippen molar-refractivity contribution in [2.45, 2.75) is 18.0 Å². The summed E-state index contributed by atoms with van der Waals surface area (Å²) in [6.07, 6.45) is 4.33. The fraction of sp³-hybridized carbons (Fsp3) is 0.636. The van der Waals surface area contributed by atoms with E-state index in [0.29, 0.717) is 11.1 Å². The van der Waals surface area contributed by atoms with Gasteiger partial charge in [-0.05, 0) is 31.6 Å². The van der Waals surface area contributed by atoms with E-state index in [2.05, 4.69) is 14.9 Å². The lowest BCUT2D eigenvalue weighted by atomic mass is 9.98. The quantitative estimate of drug-likeness (QED) is 0.528. The lowest BCUT2D eigenvalue weighted by molar-refractivity contribution is 0.421. The van der Waals surface area contributed by atoms with Crippen LogP contribution in [0.3, 0.4) is 0 Å². The molecule has 4 nitrogen and oxygen atoms in total. The zero-order chi connectivity index (χ0) is 12.3. The monoisotopic (exact) mass is 308 g/mol. The topological polar surface area (TPSA) is 55.0 Å². The van der Waals surface area contributed by atoms with E-state index >= 15 is 0 Å². The highest BCUT2D eigenvalue weighted by Crippen LogP contribution is 2.24. The number of aromatic nitrogens is 2. The van der Waals surface area contributed by atoms with E-state index in [0.717, 1.165) is 37.0 Å². The number of piperidine rings is 1. The Bertz CT molecular complexity index is 391. The Labute approximate surface area is 123 Å². The van der Waals surface area contributed by atoms with E-state index in [1.165, 1.54) is 18.2 Å². The van der Waals surface area contributed by atoms with Crippen LogP contribution in [0.15, 0.2) is 11.2 Å². The molecule has 2 N–H and O–H groups in total. The molecule has 0 bridgehead atoms. The van der Waals surface area contributed by atoms with Gasteiger partial charge in [0, 0.05) is 19.2 Å². The van der Waals surface area contributed by atoms with Crippen molar-refractivity contribution in [3.8, 4) is 0 Å². The molecule has 2 rings (SSSR count). The van der Waals surface area contributed by atoms with Crippen LogP contribution in [0.25, 0.3) is 0 Å². The van der Waals surface area contributed by atoms with Gasteiger partial charge in [0.15, 0.2) is 5.16 Å². The largest absolute Gasteiger partial charge is 0.356 e. The molecule has 0 aromatic carbocycles. The predicted octanol–water partition coefficient (Wildman–Crippen LogP) is 2.45. The van der Waals surface area contributed by atoms with Gasteiger partial charge in [-0.15, -0.1) is 12.4 Å². The van der Waals surface area contributed by atoms with E-state index in [9.17, 15) is 0 Å². The summed E-state index contributed by atoms with van der Waals surface area (Å²) >= 11 is 7.51. The zero-order valence-corrected chi connectivity index (χ0v) is 12.7. The molecule has 0 radical (unpaired) electrons. The van der Waals surface area contributed by atoms with Gasteiger partial charge in [-0.2, -0.15) is 0 Å². The summed E-state index contributed by atoms with van der Waals surface area (Å²) in [7, 11) is 0. The molecule has 0 aliphatic carbocycles. The van der Waals surface area contributed by atoms with Crippen molar-refractivity contribution in [2.24, 2.45) is 11.7 Å². The Morgan fingerprint density at radius 1 is 1.56 bits per heavy atom. The summed E-state index contributed by atoms with van der Waals surface area (Å²) in [5.41, 5.74) is 5.74. The summed E-state index contributed by atoms with van der Waals surface area (Å²) in [6, 6.07) is 1.83. The number of thioether (sulfide) groups is 1. The van der Waals surface area contributed by atoms with Crippen LogP contribution in [0.4, 0.5) is 5.82 Å². The van der Waals surface area contributed by atoms with Gasteiger partial charge >= 0.3 is 0 Å². The number of hydrogen-bond donors (Lipinski definition) is 1. The van der Waals surface area contributed by atoms with Crippen molar-refractivity contribution in [3.05, 3.63) is 11.2 Å². The standard InChI is InChI=1S/C11H17ClN4S.ClH/c1-17-11-14-9(12)5-10(15-11)16-4-2-3-8(6-13)7-16;/h5,8H,2-4,6-7,13H2,1H3;1H. The second kappa shape index (κ2) is 7.38. The van der Waals surface area contributed by atoms with Crippen molar-refractivity contribution in [1.82, 2.24) is 9.97 Å². The first-order chi connectivity index (χ1) is 8.22. The third kappa shape index (κ3) is 3.88. The van der Waals surface area contributed by atoms with E-state index in [1.807, 2.05) is 12.3 Å². The highest BCUT2D eigenvalue weighted by molar-refractivity contribution is 7.98. The zero-order valence-electron chi connectivity index (χ0n) is 10.3. The molecule has 1 aromatic rings. The average molecular weight is 309 g/mol. The molecule has 7 heteroatoms. The second-order valence-electron chi connectivity index (χ2n) is 4.23. The number of anilines is 1. The van der Waals surface area contributed by atoms with Crippen molar-refractivity contribution in [2.75, 3.05) is 30.8 Å². The lowest BCUT2D eigenvalue weighted by Gasteiger charge is -2.33. The maximum Gasteiger partial charge on any atom is 0.190 e. The first kappa shape index (κ1) is 15.8. The van der Waals surface area contributed by atoms with Crippen molar-refractivity contribution in [1.29, 1.82) is 0 Å². The molecular weight excluding hydrogens is 291 g/mol. The van der Waals surface area contributed by atoms with Gasteiger partial charge in [0.2, 0.25) is 0 Å². The van der Waals surface area contributed by atoms with Gasteiger partial charge in [0.1, 0.15) is 11.0 Å². The minimum Gasteiger partial charge on any atom is -0.356 e. The fourth-order valence-corrected chi connectivity index (χ4v) is 2.71. The van der Waals surface area contributed by atoms with Gasteiger partial charge in [-0.1, -0.05) is 23.4 Å². The van der Waals surface area contributed by atoms with E-state index in [-0.39, 0.29) is 12.4 Å². The number of rotatable bonds is 3. The molecule has 0 amide bonds. The van der Waals surface area contributed by atoms with E-state index < -0.39 is 0 Å². The average Bonchev–Trinajstić information content (AvgIpc) is 2.38. The molecule has 1 atom stereocenters. The SMILES string of the molecule is CSc1nc(Cl)cc(N2CCCC(CN)C2)n1.Cl. The molecular formula is C11H18Cl2N4S.